The molecule has 20 heavy (non-hydrogen) atoms. The molecule has 0 aliphatic carbocycles. The normalized spacial score (nSPS) is 9.55. The van der Waals surface area contributed by atoms with Crippen LogP contribution < -0.4 is 5.32 Å². The highest BCUT2D eigenvalue weighted by Crippen LogP contribution is 2.33. The summed E-state index contributed by atoms with van der Waals surface area (Å²) in [7, 11) is 0. The second-order valence-electron chi connectivity index (χ2n) is 4.30. The van der Waals surface area contributed by atoms with E-state index in [-0.39, 0.29) is 12.5 Å². The molecule has 0 radical (unpaired) electrons. The minimum Gasteiger partial charge on any atom is -0.462 e. The van der Waals surface area contributed by atoms with Gasteiger partial charge >= 0.3 is 5.97 Å². The van der Waals surface area contributed by atoms with Crippen LogP contribution in [0.25, 0.3) is 0 Å². The third kappa shape index (κ3) is 3.68. The van der Waals surface area contributed by atoms with Crippen molar-refractivity contribution in [2.75, 3.05) is 11.9 Å². The summed E-state index contributed by atoms with van der Waals surface area (Å²) in [6, 6.07) is 2.01. The van der Waals surface area contributed by atoms with Gasteiger partial charge in [0, 0.05) is 6.08 Å². The number of rotatable bonds is 4. The highest BCUT2D eigenvalue weighted by molar-refractivity contribution is 7.18. The Balaban J connectivity index is 3.12. The predicted octanol–water partition coefficient (Wildman–Crippen LogP) is 3.01. The lowest BCUT2D eigenvalue weighted by Crippen LogP contribution is -2.08. The first-order valence-corrected chi connectivity index (χ1v) is 6.88. The number of nitrogens with one attached hydrogen (secondary N) is 1. The van der Waals surface area contributed by atoms with Crippen molar-refractivity contribution in [2.24, 2.45) is 0 Å². The van der Waals surface area contributed by atoms with Gasteiger partial charge in [-0.05, 0) is 33.3 Å². The van der Waals surface area contributed by atoms with Gasteiger partial charge < -0.3 is 10.1 Å². The van der Waals surface area contributed by atoms with E-state index in [9.17, 15) is 9.59 Å². The van der Waals surface area contributed by atoms with Crippen LogP contribution in [0.5, 0.6) is 0 Å². The van der Waals surface area contributed by atoms with Crippen molar-refractivity contribution >= 4 is 28.2 Å². The fourth-order valence-corrected chi connectivity index (χ4v) is 2.59. The summed E-state index contributed by atoms with van der Waals surface area (Å²) in [6.45, 7) is 7.24. The number of nitriles is 1. The highest BCUT2D eigenvalue weighted by atomic mass is 32.1. The Labute approximate surface area is 121 Å². The summed E-state index contributed by atoms with van der Waals surface area (Å²) < 4.78 is 4.93. The van der Waals surface area contributed by atoms with Crippen LogP contribution in [0.3, 0.4) is 0 Å². The topological polar surface area (TPSA) is 79.2 Å². The summed E-state index contributed by atoms with van der Waals surface area (Å²) in [4.78, 5) is 23.8. The van der Waals surface area contributed by atoms with Gasteiger partial charge in [-0.2, -0.15) is 5.26 Å². The molecule has 1 amide bonds. The number of anilines is 1. The average Bonchev–Trinajstić information content (AvgIpc) is 2.64. The van der Waals surface area contributed by atoms with Gasteiger partial charge in [0.05, 0.1) is 12.2 Å². The van der Waals surface area contributed by atoms with Crippen molar-refractivity contribution in [3.63, 3.8) is 0 Å². The van der Waals surface area contributed by atoms with Gasteiger partial charge in [0.1, 0.15) is 15.9 Å². The maximum atomic E-state index is 11.8. The Hall–Kier alpha value is -2.13. The molecule has 5 nitrogen and oxygen atoms in total. The molecule has 1 aromatic rings. The van der Waals surface area contributed by atoms with E-state index in [4.69, 9.17) is 10.00 Å². The number of amides is 1. The Kier molecular flexibility index (Phi) is 5.47. The van der Waals surface area contributed by atoms with E-state index in [1.807, 2.05) is 6.07 Å². The van der Waals surface area contributed by atoms with E-state index in [0.717, 1.165) is 16.9 Å². The lowest BCUT2D eigenvalue weighted by Gasteiger charge is -1.99. The van der Waals surface area contributed by atoms with E-state index < -0.39 is 5.97 Å². The number of esters is 1. The van der Waals surface area contributed by atoms with Crippen molar-refractivity contribution in [2.45, 2.75) is 27.7 Å². The largest absolute Gasteiger partial charge is 0.462 e. The molecular weight excluding hydrogens is 276 g/mol. The quantitative estimate of drug-likeness (QED) is 0.683. The Morgan fingerprint density at radius 3 is 2.60 bits per heavy atom. The van der Waals surface area contributed by atoms with Crippen LogP contribution in [0, 0.1) is 18.3 Å². The van der Waals surface area contributed by atoms with Crippen LogP contribution in [0.1, 0.15) is 41.6 Å². The van der Waals surface area contributed by atoms with E-state index >= 15 is 0 Å². The van der Waals surface area contributed by atoms with Gasteiger partial charge in [0.15, 0.2) is 0 Å². The minimum atomic E-state index is -0.478. The van der Waals surface area contributed by atoms with Crippen LogP contribution in [-0.4, -0.2) is 18.5 Å². The zero-order chi connectivity index (χ0) is 15.3. The number of hydrogen-bond donors (Lipinski definition) is 1. The molecule has 0 atom stereocenters. The molecule has 0 saturated carbocycles. The predicted molar refractivity (Wildman–Crippen MR) is 77.8 cm³/mol. The fraction of sp³-hybridized carbons (Fsp3) is 0.357. The molecule has 0 bridgehead atoms. The van der Waals surface area contributed by atoms with E-state index in [2.05, 4.69) is 5.32 Å². The lowest BCUT2D eigenvalue weighted by atomic mass is 10.2. The van der Waals surface area contributed by atoms with Gasteiger partial charge in [-0.3, -0.25) is 4.79 Å². The maximum Gasteiger partial charge on any atom is 0.348 e. The summed E-state index contributed by atoms with van der Waals surface area (Å²) >= 11 is 1.06. The smallest absolute Gasteiger partial charge is 0.348 e. The molecule has 1 heterocycles. The first kappa shape index (κ1) is 15.9. The number of ether oxygens (including phenoxy) is 1. The minimum absolute atomic E-state index is 0.261. The molecule has 0 aromatic carbocycles. The molecule has 1 aromatic heterocycles. The van der Waals surface area contributed by atoms with Crippen molar-refractivity contribution in [1.29, 1.82) is 5.26 Å². The first-order chi connectivity index (χ1) is 9.40. The second kappa shape index (κ2) is 6.87. The van der Waals surface area contributed by atoms with Gasteiger partial charge in [0.2, 0.25) is 5.91 Å². The van der Waals surface area contributed by atoms with Crippen molar-refractivity contribution < 1.29 is 14.3 Å². The molecule has 0 unspecified atom stereocenters. The van der Waals surface area contributed by atoms with Crippen LogP contribution in [0.4, 0.5) is 5.00 Å². The number of allylic oxidation sites excluding steroid dienone is 1. The van der Waals surface area contributed by atoms with Crippen LogP contribution in [0.15, 0.2) is 11.6 Å². The average molecular weight is 292 g/mol. The number of hydrogen-bond acceptors (Lipinski definition) is 5. The zero-order valence-corrected chi connectivity index (χ0v) is 12.7. The number of thiophene rings is 1. The zero-order valence-electron chi connectivity index (χ0n) is 11.9. The molecule has 0 fully saturated rings. The molecule has 1 N–H and O–H groups in total. The Morgan fingerprint density at radius 1 is 1.45 bits per heavy atom. The third-order valence-electron chi connectivity index (χ3n) is 2.38. The first-order valence-electron chi connectivity index (χ1n) is 6.07. The molecule has 0 spiro atoms. The number of carbonyl (C=O) groups excluding carboxylic acids is 2. The summed E-state index contributed by atoms with van der Waals surface area (Å²) in [6.07, 6.45) is 1.43. The molecular formula is C14H16N2O3S. The Bertz CT molecular complexity index is 605. The molecule has 1 rings (SSSR count). The lowest BCUT2D eigenvalue weighted by molar-refractivity contribution is -0.111. The van der Waals surface area contributed by atoms with Crippen LogP contribution in [0.2, 0.25) is 0 Å². The van der Waals surface area contributed by atoms with Crippen molar-refractivity contribution in [1.82, 2.24) is 0 Å². The van der Waals surface area contributed by atoms with Crippen LogP contribution >= 0.6 is 11.3 Å². The van der Waals surface area contributed by atoms with Gasteiger partial charge in [-0.25, -0.2) is 4.79 Å². The van der Waals surface area contributed by atoms with Gasteiger partial charge in [0.25, 0.3) is 0 Å². The van der Waals surface area contributed by atoms with Gasteiger partial charge in [-0.1, -0.05) is 5.57 Å². The molecule has 0 saturated heterocycles. The summed E-state index contributed by atoms with van der Waals surface area (Å²) in [5, 5.41) is 12.2. The van der Waals surface area contributed by atoms with Crippen LogP contribution in [-0.2, 0) is 9.53 Å². The second-order valence-corrected chi connectivity index (χ2v) is 5.32. The van der Waals surface area contributed by atoms with E-state index in [0.29, 0.717) is 21.0 Å². The fourth-order valence-electron chi connectivity index (χ4n) is 1.54. The monoisotopic (exact) mass is 292 g/mol. The van der Waals surface area contributed by atoms with Gasteiger partial charge in [-0.15, -0.1) is 11.3 Å². The maximum absolute atomic E-state index is 11.8. The molecule has 0 aliphatic rings. The number of carbonyl (C=O) groups is 2. The molecule has 6 heteroatoms. The standard InChI is InChI=1S/C14H16N2O3S/c1-5-19-14(18)12-9(4)10(7-15)13(20-12)16-11(17)6-8(2)3/h6H,5H2,1-4H3,(H,16,17). The summed E-state index contributed by atoms with van der Waals surface area (Å²) in [5.74, 6) is -0.799. The third-order valence-corrected chi connectivity index (χ3v) is 3.56. The molecule has 0 aliphatic heterocycles. The Morgan fingerprint density at radius 2 is 2.10 bits per heavy atom. The van der Waals surface area contributed by atoms with Crippen molar-refractivity contribution in [3.8, 4) is 6.07 Å². The molecule has 106 valence electrons. The summed E-state index contributed by atoms with van der Waals surface area (Å²) in [5.41, 5.74) is 1.68. The van der Waals surface area contributed by atoms with E-state index in [1.54, 1.807) is 27.7 Å². The van der Waals surface area contributed by atoms with Crippen molar-refractivity contribution in [3.05, 3.63) is 27.7 Å². The highest BCUT2D eigenvalue weighted by Gasteiger charge is 2.21. The SMILES string of the molecule is CCOC(=O)c1sc(NC(=O)C=C(C)C)c(C#N)c1C. The van der Waals surface area contributed by atoms with E-state index in [1.165, 1.54) is 6.08 Å². The number of nitrogens with zero attached hydrogens (tertiary/aromatic N) is 1.